The fourth-order valence-electron chi connectivity index (χ4n) is 1.65. The van der Waals surface area contributed by atoms with Gasteiger partial charge in [-0.2, -0.15) is 0 Å². The molecule has 0 saturated carbocycles. The van der Waals surface area contributed by atoms with E-state index in [4.69, 9.17) is 11.6 Å². The van der Waals surface area contributed by atoms with Crippen molar-refractivity contribution in [2.24, 2.45) is 4.99 Å². The molecule has 0 bridgehead atoms. The summed E-state index contributed by atoms with van der Waals surface area (Å²) in [6.45, 7) is 2.01. The molecule has 1 unspecified atom stereocenters. The van der Waals surface area contributed by atoms with Crippen molar-refractivity contribution in [3.8, 4) is 5.75 Å². The molecule has 0 aliphatic carbocycles. The summed E-state index contributed by atoms with van der Waals surface area (Å²) in [5.74, 6) is 0.0724. The molecule has 2 rings (SSSR count). The lowest BCUT2D eigenvalue weighted by Gasteiger charge is -2.06. The predicted molar refractivity (Wildman–Crippen MR) is 75.6 cm³/mol. The Balaban J connectivity index is 2.19. The Hall–Kier alpha value is -1.80. The number of halogens is 1. The summed E-state index contributed by atoms with van der Waals surface area (Å²) in [6, 6.07) is 15.3. The molecule has 3 heteroatoms. The minimum Gasteiger partial charge on any atom is -0.506 e. The van der Waals surface area contributed by atoms with Crippen LogP contribution in [0.5, 0.6) is 5.75 Å². The first kappa shape index (κ1) is 12.7. The van der Waals surface area contributed by atoms with E-state index in [0.29, 0.717) is 10.6 Å². The number of nitrogens with zero attached hydrogens (tertiary/aromatic N) is 1. The van der Waals surface area contributed by atoms with Crippen molar-refractivity contribution in [3.05, 3.63) is 64.7 Å². The first-order chi connectivity index (χ1) is 8.68. The summed E-state index contributed by atoms with van der Waals surface area (Å²) < 4.78 is 0. The van der Waals surface area contributed by atoms with E-state index in [2.05, 4.69) is 4.99 Å². The first-order valence-electron chi connectivity index (χ1n) is 5.74. The molecule has 18 heavy (non-hydrogen) atoms. The molecular formula is C15H14ClNO. The highest BCUT2D eigenvalue weighted by Gasteiger charge is 2.04. The number of aliphatic imine (C=N–C) groups is 1. The van der Waals surface area contributed by atoms with Gasteiger partial charge in [0.25, 0.3) is 0 Å². The maximum absolute atomic E-state index is 9.76. The molecule has 0 saturated heterocycles. The van der Waals surface area contributed by atoms with Gasteiger partial charge in [0.2, 0.25) is 0 Å². The average molecular weight is 260 g/mol. The molecule has 1 N–H and O–H groups in total. The Labute approximate surface area is 112 Å². The summed E-state index contributed by atoms with van der Waals surface area (Å²) >= 11 is 5.83. The van der Waals surface area contributed by atoms with Crippen molar-refractivity contribution in [2.45, 2.75) is 13.0 Å². The van der Waals surface area contributed by atoms with Crippen molar-refractivity contribution >= 4 is 17.8 Å². The van der Waals surface area contributed by atoms with Crippen LogP contribution in [0.4, 0.5) is 0 Å². The lowest BCUT2D eigenvalue weighted by molar-refractivity contribution is 0.474. The zero-order chi connectivity index (χ0) is 13.0. The van der Waals surface area contributed by atoms with Gasteiger partial charge in [0.05, 0.1) is 11.1 Å². The number of phenols is 1. The predicted octanol–water partition coefficient (Wildman–Crippen LogP) is 4.23. The van der Waals surface area contributed by atoms with E-state index in [1.807, 2.05) is 37.3 Å². The van der Waals surface area contributed by atoms with Crippen LogP contribution in [0.25, 0.3) is 0 Å². The van der Waals surface area contributed by atoms with Crippen LogP contribution >= 0.6 is 11.6 Å². The number of rotatable bonds is 3. The lowest BCUT2D eigenvalue weighted by atomic mass is 10.1. The van der Waals surface area contributed by atoms with Gasteiger partial charge in [0, 0.05) is 11.8 Å². The van der Waals surface area contributed by atoms with E-state index in [9.17, 15) is 5.11 Å². The van der Waals surface area contributed by atoms with Gasteiger partial charge in [-0.25, -0.2) is 0 Å². The topological polar surface area (TPSA) is 32.6 Å². The van der Waals surface area contributed by atoms with Gasteiger partial charge in [-0.15, -0.1) is 0 Å². The van der Waals surface area contributed by atoms with E-state index in [0.717, 1.165) is 5.56 Å². The number of benzene rings is 2. The van der Waals surface area contributed by atoms with Crippen molar-refractivity contribution in [2.75, 3.05) is 0 Å². The van der Waals surface area contributed by atoms with Gasteiger partial charge < -0.3 is 5.11 Å². The SMILES string of the molecule is CC(N=Cc1cccc(Cl)c1O)c1ccccc1. The van der Waals surface area contributed by atoms with Crippen LogP contribution in [0.15, 0.2) is 53.5 Å². The quantitative estimate of drug-likeness (QED) is 0.822. The molecule has 92 valence electrons. The van der Waals surface area contributed by atoms with Crippen LogP contribution in [0.3, 0.4) is 0 Å². The fourth-order valence-corrected chi connectivity index (χ4v) is 1.83. The molecule has 0 heterocycles. The molecule has 0 amide bonds. The van der Waals surface area contributed by atoms with Gasteiger partial charge in [-0.05, 0) is 24.6 Å². The number of aromatic hydroxyl groups is 1. The molecule has 0 radical (unpaired) electrons. The third-order valence-corrected chi connectivity index (χ3v) is 3.04. The lowest BCUT2D eigenvalue weighted by Crippen LogP contribution is -1.91. The Kier molecular flexibility index (Phi) is 4.00. The smallest absolute Gasteiger partial charge is 0.142 e. The Morgan fingerprint density at radius 1 is 1.11 bits per heavy atom. The average Bonchev–Trinajstić information content (AvgIpc) is 2.41. The molecule has 1 atom stereocenters. The number of phenolic OH excluding ortho intramolecular Hbond substituents is 1. The van der Waals surface area contributed by atoms with Crippen LogP contribution in [0.2, 0.25) is 5.02 Å². The molecule has 2 aromatic rings. The number of hydrogen-bond acceptors (Lipinski definition) is 2. The molecule has 2 aromatic carbocycles. The third kappa shape index (κ3) is 2.90. The van der Waals surface area contributed by atoms with Crippen LogP contribution in [-0.4, -0.2) is 11.3 Å². The molecule has 2 nitrogen and oxygen atoms in total. The Morgan fingerprint density at radius 3 is 2.56 bits per heavy atom. The summed E-state index contributed by atoms with van der Waals surface area (Å²) in [6.07, 6.45) is 1.65. The highest BCUT2D eigenvalue weighted by atomic mass is 35.5. The highest BCUT2D eigenvalue weighted by Crippen LogP contribution is 2.26. The van der Waals surface area contributed by atoms with E-state index < -0.39 is 0 Å². The van der Waals surface area contributed by atoms with Gasteiger partial charge in [0.15, 0.2) is 0 Å². The number of para-hydroxylation sites is 1. The normalized spacial score (nSPS) is 12.8. The van der Waals surface area contributed by atoms with E-state index >= 15 is 0 Å². The van der Waals surface area contributed by atoms with Crippen molar-refractivity contribution in [1.29, 1.82) is 0 Å². The standard InChI is InChI=1S/C15H14ClNO/c1-11(12-6-3-2-4-7-12)17-10-13-8-5-9-14(16)15(13)18/h2-11,18H,1H3. The second-order valence-electron chi connectivity index (χ2n) is 4.04. The van der Waals surface area contributed by atoms with Gasteiger partial charge in [-0.3, -0.25) is 4.99 Å². The summed E-state index contributed by atoms with van der Waals surface area (Å²) in [7, 11) is 0. The summed E-state index contributed by atoms with van der Waals surface area (Å²) in [4.78, 5) is 4.42. The zero-order valence-electron chi connectivity index (χ0n) is 10.0. The summed E-state index contributed by atoms with van der Waals surface area (Å²) in [5, 5.41) is 10.1. The van der Waals surface area contributed by atoms with Crippen LogP contribution < -0.4 is 0 Å². The molecule has 0 aliphatic heterocycles. The second kappa shape index (κ2) is 5.69. The summed E-state index contributed by atoms with van der Waals surface area (Å²) in [5.41, 5.74) is 1.76. The van der Waals surface area contributed by atoms with Crippen molar-refractivity contribution in [3.63, 3.8) is 0 Å². The molecular weight excluding hydrogens is 246 g/mol. The maximum Gasteiger partial charge on any atom is 0.142 e. The highest BCUT2D eigenvalue weighted by molar-refractivity contribution is 6.32. The first-order valence-corrected chi connectivity index (χ1v) is 6.12. The van der Waals surface area contributed by atoms with Crippen LogP contribution in [-0.2, 0) is 0 Å². The minimum absolute atomic E-state index is 0.0459. The van der Waals surface area contributed by atoms with Crippen molar-refractivity contribution < 1.29 is 5.11 Å². The molecule has 0 aromatic heterocycles. The van der Waals surface area contributed by atoms with E-state index in [1.165, 1.54) is 0 Å². The van der Waals surface area contributed by atoms with Crippen LogP contribution in [0.1, 0.15) is 24.1 Å². The largest absolute Gasteiger partial charge is 0.506 e. The fraction of sp³-hybridized carbons (Fsp3) is 0.133. The third-order valence-electron chi connectivity index (χ3n) is 2.74. The monoisotopic (exact) mass is 259 g/mol. The van der Waals surface area contributed by atoms with E-state index in [1.54, 1.807) is 24.4 Å². The second-order valence-corrected chi connectivity index (χ2v) is 4.45. The van der Waals surface area contributed by atoms with Crippen molar-refractivity contribution in [1.82, 2.24) is 0 Å². The van der Waals surface area contributed by atoms with Gasteiger partial charge in [0.1, 0.15) is 5.75 Å². The Morgan fingerprint density at radius 2 is 1.83 bits per heavy atom. The minimum atomic E-state index is 0.0459. The molecule has 0 spiro atoms. The van der Waals surface area contributed by atoms with Crippen LogP contribution in [0, 0.1) is 0 Å². The Bertz CT molecular complexity index is 552. The molecule has 0 fully saturated rings. The molecule has 0 aliphatic rings. The maximum atomic E-state index is 9.76. The van der Waals surface area contributed by atoms with Gasteiger partial charge in [-0.1, -0.05) is 48.0 Å². The number of hydrogen-bond donors (Lipinski definition) is 1. The van der Waals surface area contributed by atoms with Gasteiger partial charge >= 0.3 is 0 Å². The zero-order valence-corrected chi connectivity index (χ0v) is 10.8. The van der Waals surface area contributed by atoms with E-state index in [-0.39, 0.29) is 11.8 Å².